The topological polar surface area (TPSA) is 40.5 Å². The summed E-state index contributed by atoms with van der Waals surface area (Å²) in [4.78, 5) is 0. The first-order valence-electron chi connectivity index (χ1n) is 7.02. The molecule has 3 unspecified atom stereocenters. The average Bonchev–Trinajstić information content (AvgIpc) is 2.34. The molecule has 0 aliphatic heterocycles. The molecule has 1 aromatic carbocycles. The van der Waals surface area contributed by atoms with Crippen molar-refractivity contribution in [1.82, 2.24) is 0 Å². The van der Waals surface area contributed by atoms with Crippen LogP contribution in [-0.4, -0.2) is 16.3 Å². The fourth-order valence-corrected chi connectivity index (χ4v) is 3.04. The van der Waals surface area contributed by atoms with Crippen LogP contribution in [0, 0.1) is 17.8 Å². The maximum absolute atomic E-state index is 10.1. The van der Waals surface area contributed by atoms with E-state index in [0.29, 0.717) is 17.6 Å². The highest BCUT2D eigenvalue weighted by Gasteiger charge is 2.30. The summed E-state index contributed by atoms with van der Waals surface area (Å²) in [6.45, 7) is 4.56. The quantitative estimate of drug-likeness (QED) is 0.861. The van der Waals surface area contributed by atoms with Gasteiger partial charge in [0.05, 0.1) is 6.10 Å². The van der Waals surface area contributed by atoms with Crippen molar-refractivity contribution in [2.45, 2.75) is 45.6 Å². The van der Waals surface area contributed by atoms with E-state index in [1.807, 2.05) is 12.1 Å². The Bertz CT molecular complexity index is 369. The molecule has 1 fully saturated rings. The van der Waals surface area contributed by atoms with Gasteiger partial charge in [-0.1, -0.05) is 26.0 Å². The van der Waals surface area contributed by atoms with E-state index in [-0.39, 0.29) is 6.10 Å². The van der Waals surface area contributed by atoms with Crippen LogP contribution < -0.4 is 0 Å². The number of benzene rings is 1. The van der Waals surface area contributed by atoms with Gasteiger partial charge < -0.3 is 10.2 Å². The molecule has 1 aromatic rings. The Morgan fingerprint density at radius 2 is 1.83 bits per heavy atom. The van der Waals surface area contributed by atoms with Gasteiger partial charge in [-0.25, -0.2) is 0 Å². The van der Waals surface area contributed by atoms with Crippen LogP contribution in [0.4, 0.5) is 0 Å². The molecule has 18 heavy (non-hydrogen) atoms. The number of rotatable bonds is 3. The number of hydrogen-bond donors (Lipinski definition) is 2. The van der Waals surface area contributed by atoms with E-state index in [4.69, 9.17) is 0 Å². The first-order valence-corrected chi connectivity index (χ1v) is 7.02. The van der Waals surface area contributed by atoms with Crippen molar-refractivity contribution in [3.63, 3.8) is 0 Å². The molecule has 0 saturated heterocycles. The van der Waals surface area contributed by atoms with Crippen molar-refractivity contribution < 1.29 is 10.2 Å². The zero-order chi connectivity index (χ0) is 13.1. The zero-order valence-electron chi connectivity index (χ0n) is 11.3. The summed E-state index contributed by atoms with van der Waals surface area (Å²) in [6, 6.07) is 7.37. The lowest BCUT2D eigenvalue weighted by Gasteiger charge is -2.35. The second-order valence-corrected chi connectivity index (χ2v) is 6.02. The average molecular weight is 248 g/mol. The van der Waals surface area contributed by atoms with Gasteiger partial charge in [0.15, 0.2) is 0 Å². The Labute approximate surface area is 110 Å². The van der Waals surface area contributed by atoms with Crippen LogP contribution in [-0.2, 0) is 6.42 Å². The third kappa shape index (κ3) is 3.26. The number of aromatic hydroxyl groups is 1. The first kappa shape index (κ1) is 13.4. The van der Waals surface area contributed by atoms with Crippen molar-refractivity contribution in [1.29, 1.82) is 0 Å². The Kier molecular flexibility index (Phi) is 4.28. The standard InChI is InChI=1S/C16H24O2/c1-11(2)13-5-8-16(18)14(10-13)9-12-3-6-15(17)7-4-12/h3-4,6-7,11,13-14,16-18H,5,8-10H2,1-2H3. The maximum Gasteiger partial charge on any atom is 0.115 e. The molecule has 100 valence electrons. The summed E-state index contributed by atoms with van der Waals surface area (Å²) in [5.41, 5.74) is 1.21. The Morgan fingerprint density at radius 1 is 1.17 bits per heavy atom. The van der Waals surface area contributed by atoms with Gasteiger partial charge in [-0.15, -0.1) is 0 Å². The minimum Gasteiger partial charge on any atom is -0.508 e. The maximum atomic E-state index is 10.1. The van der Waals surface area contributed by atoms with Crippen molar-refractivity contribution in [3.05, 3.63) is 29.8 Å². The van der Waals surface area contributed by atoms with Gasteiger partial charge >= 0.3 is 0 Å². The molecular formula is C16H24O2. The van der Waals surface area contributed by atoms with Crippen LogP contribution in [0.2, 0.25) is 0 Å². The second-order valence-electron chi connectivity index (χ2n) is 6.02. The minimum atomic E-state index is -0.159. The molecule has 2 heteroatoms. The van der Waals surface area contributed by atoms with Crippen LogP contribution in [0.5, 0.6) is 5.75 Å². The fourth-order valence-electron chi connectivity index (χ4n) is 3.04. The molecule has 0 heterocycles. The fraction of sp³-hybridized carbons (Fsp3) is 0.625. The lowest BCUT2D eigenvalue weighted by Crippen LogP contribution is -2.32. The van der Waals surface area contributed by atoms with E-state index in [2.05, 4.69) is 13.8 Å². The van der Waals surface area contributed by atoms with E-state index in [9.17, 15) is 10.2 Å². The van der Waals surface area contributed by atoms with Gasteiger partial charge in [0.1, 0.15) is 5.75 Å². The van der Waals surface area contributed by atoms with Crippen molar-refractivity contribution >= 4 is 0 Å². The SMILES string of the molecule is CC(C)C1CCC(O)C(Cc2ccc(O)cc2)C1. The summed E-state index contributed by atoms with van der Waals surface area (Å²) < 4.78 is 0. The molecule has 3 atom stereocenters. The predicted octanol–water partition coefficient (Wildman–Crippen LogP) is 3.37. The summed E-state index contributed by atoms with van der Waals surface area (Å²) in [5.74, 6) is 2.13. The van der Waals surface area contributed by atoms with Gasteiger partial charge in [-0.05, 0) is 61.1 Å². The van der Waals surface area contributed by atoms with E-state index in [1.54, 1.807) is 12.1 Å². The predicted molar refractivity (Wildman–Crippen MR) is 73.5 cm³/mol. The van der Waals surface area contributed by atoms with Gasteiger partial charge in [-0.2, -0.15) is 0 Å². The molecule has 0 bridgehead atoms. The summed E-state index contributed by atoms with van der Waals surface area (Å²) in [7, 11) is 0. The van der Waals surface area contributed by atoms with Crippen molar-refractivity contribution in [2.24, 2.45) is 17.8 Å². The van der Waals surface area contributed by atoms with E-state index < -0.39 is 0 Å². The molecule has 1 aliphatic carbocycles. The lowest BCUT2D eigenvalue weighted by atomic mass is 9.73. The van der Waals surface area contributed by atoms with E-state index in [0.717, 1.165) is 31.6 Å². The third-order valence-corrected chi connectivity index (χ3v) is 4.36. The molecule has 0 amide bonds. The van der Waals surface area contributed by atoms with Gasteiger partial charge in [0.25, 0.3) is 0 Å². The molecule has 1 saturated carbocycles. The third-order valence-electron chi connectivity index (χ3n) is 4.36. The molecular weight excluding hydrogens is 224 g/mol. The molecule has 2 rings (SSSR count). The smallest absolute Gasteiger partial charge is 0.115 e. The van der Waals surface area contributed by atoms with Crippen LogP contribution in [0.1, 0.15) is 38.7 Å². The summed E-state index contributed by atoms with van der Waals surface area (Å²) in [5, 5.41) is 19.4. The number of phenolic OH excluding ortho intramolecular Hbond substituents is 1. The highest BCUT2D eigenvalue weighted by molar-refractivity contribution is 5.26. The summed E-state index contributed by atoms with van der Waals surface area (Å²) >= 11 is 0. The van der Waals surface area contributed by atoms with Crippen LogP contribution in [0.25, 0.3) is 0 Å². The Balaban J connectivity index is 2.00. The van der Waals surface area contributed by atoms with Crippen molar-refractivity contribution in [2.75, 3.05) is 0 Å². The zero-order valence-corrected chi connectivity index (χ0v) is 11.3. The van der Waals surface area contributed by atoms with E-state index in [1.165, 1.54) is 5.56 Å². The van der Waals surface area contributed by atoms with Crippen molar-refractivity contribution in [3.8, 4) is 5.75 Å². The number of phenols is 1. The van der Waals surface area contributed by atoms with Gasteiger partial charge in [-0.3, -0.25) is 0 Å². The molecule has 1 aliphatic rings. The lowest BCUT2D eigenvalue weighted by molar-refractivity contribution is 0.0378. The highest BCUT2D eigenvalue weighted by Crippen LogP contribution is 2.35. The first-order chi connectivity index (χ1) is 8.56. The van der Waals surface area contributed by atoms with Crippen LogP contribution in [0.3, 0.4) is 0 Å². The number of aliphatic hydroxyl groups excluding tert-OH is 1. The molecule has 0 aromatic heterocycles. The second kappa shape index (κ2) is 5.75. The Morgan fingerprint density at radius 3 is 2.44 bits per heavy atom. The molecule has 2 nitrogen and oxygen atoms in total. The Hall–Kier alpha value is -1.02. The number of hydrogen-bond acceptors (Lipinski definition) is 2. The van der Waals surface area contributed by atoms with Gasteiger partial charge in [0, 0.05) is 0 Å². The monoisotopic (exact) mass is 248 g/mol. The number of aliphatic hydroxyl groups is 1. The summed E-state index contributed by atoms with van der Waals surface area (Å²) in [6.07, 6.45) is 3.98. The largest absolute Gasteiger partial charge is 0.508 e. The highest BCUT2D eigenvalue weighted by atomic mass is 16.3. The minimum absolute atomic E-state index is 0.159. The van der Waals surface area contributed by atoms with E-state index >= 15 is 0 Å². The molecule has 0 spiro atoms. The molecule has 0 radical (unpaired) electrons. The van der Waals surface area contributed by atoms with Crippen LogP contribution in [0.15, 0.2) is 24.3 Å². The van der Waals surface area contributed by atoms with Crippen LogP contribution >= 0.6 is 0 Å². The normalized spacial score (nSPS) is 28.6. The molecule has 2 N–H and O–H groups in total. The van der Waals surface area contributed by atoms with Gasteiger partial charge in [0.2, 0.25) is 0 Å².